The van der Waals surface area contributed by atoms with Crippen molar-refractivity contribution >= 4 is 11.9 Å². The van der Waals surface area contributed by atoms with E-state index in [9.17, 15) is 20.6 Å². The molecule has 4 atom stereocenters. The number of nitrogens with one attached hydrogen (secondary N) is 1. The molecule has 0 amide bonds. The van der Waals surface area contributed by atoms with Gasteiger partial charge < -0.3 is 14.2 Å². The zero-order valence-electron chi connectivity index (χ0n) is 17.3. The first-order valence-electron chi connectivity index (χ1n) is 9.80. The highest BCUT2D eigenvalue weighted by Crippen LogP contribution is 2.68. The zero-order chi connectivity index (χ0) is 23.1. The average Bonchev–Trinajstić information content (AvgIpc) is 3.00. The Morgan fingerprint density at radius 2 is 1.66 bits per heavy atom. The first kappa shape index (κ1) is 21.1. The Labute approximate surface area is 184 Å². The number of hydrogen-bond acceptors (Lipinski definition) is 8. The van der Waals surface area contributed by atoms with Crippen molar-refractivity contribution in [1.82, 2.24) is 0 Å². The van der Waals surface area contributed by atoms with E-state index in [1.165, 1.54) is 19.2 Å². The number of ether oxygens (including phenoxy) is 3. The van der Waals surface area contributed by atoms with Gasteiger partial charge in [-0.2, -0.15) is 15.8 Å². The smallest absolute Gasteiger partial charge is 0.337 e. The molecule has 2 aliphatic heterocycles. The van der Waals surface area contributed by atoms with Gasteiger partial charge in [-0.15, -0.1) is 0 Å². The SMILES string of the molecule is COC(=O)c1ccc(C2OC3(c4ccccc4)OC(=N)C(C#N)(C3C)C2(C#N)C#N)cc1. The maximum absolute atomic E-state index is 11.8. The molecule has 8 heteroatoms. The summed E-state index contributed by atoms with van der Waals surface area (Å²) in [5.41, 5.74) is -2.71. The quantitative estimate of drug-likeness (QED) is 0.740. The Bertz CT molecular complexity index is 1210. The molecule has 8 nitrogen and oxygen atoms in total. The summed E-state index contributed by atoms with van der Waals surface area (Å²) in [4.78, 5) is 11.8. The molecule has 4 unspecified atom stereocenters. The molecule has 0 spiro atoms. The van der Waals surface area contributed by atoms with Crippen LogP contribution in [0.15, 0.2) is 54.6 Å². The molecule has 0 aliphatic carbocycles. The van der Waals surface area contributed by atoms with Crippen LogP contribution < -0.4 is 0 Å². The Hall–Kier alpha value is -4.19. The Morgan fingerprint density at radius 3 is 2.19 bits per heavy atom. The van der Waals surface area contributed by atoms with Crippen LogP contribution in [0, 0.1) is 56.2 Å². The lowest BCUT2D eigenvalue weighted by molar-refractivity contribution is -0.288. The summed E-state index contributed by atoms with van der Waals surface area (Å²) in [5.74, 6) is -3.40. The fourth-order valence-corrected chi connectivity index (χ4v) is 4.75. The third-order valence-electron chi connectivity index (χ3n) is 6.48. The van der Waals surface area contributed by atoms with Crippen LogP contribution in [0.5, 0.6) is 0 Å². The molecule has 2 heterocycles. The summed E-state index contributed by atoms with van der Waals surface area (Å²) in [5, 5.41) is 39.3. The van der Waals surface area contributed by atoms with Gasteiger partial charge in [-0.25, -0.2) is 4.79 Å². The number of carbonyl (C=O) groups is 1. The molecule has 0 radical (unpaired) electrons. The lowest BCUT2D eigenvalue weighted by Gasteiger charge is -2.48. The molecule has 32 heavy (non-hydrogen) atoms. The minimum absolute atomic E-state index is 0.277. The number of carbonyl (C=O) groups excluding carboxylic acids is 1. The topological polar surface area (TPSA) is 140 Å². The van der Waals surface area contributed by atoms with Gasteiger partial charge in [-0.3, -0.25) is 5.41 Å². The number of nitriles is 3. The Morgan fingerprint density at radius 1 is 1.03 bits per heavy atom. The number of esters is 1. The standard InChI is InChI=1S/C24H18N4O4/c1-15-23(14-27)21(28)32-24(15,18-6-4-3-5-7-18)31-19(22(23,12-25)13-26)16-8-10-17(11-9-16)20(29)30-2/h3-11,15,19,28H,1-2H3. The highest BCUT2D eigenvalue weighted by molar-refractivity contribution is 5.90. The molecule has 4 rings (SSSR count). The molecule has 2 bridgehead atoms. The summed E-state index contributed by atoms with van der Waals surface area (Å²) in [6.45, 7) is 1.65. The second-order valence-electron chi connectivity index (χ2n) is 7.75. The summed E-state index contributed by atoms with van der Waals surface area (Å²) in [6, 6.07) is 21.0. The van der Waals surface area contributed by atoms with Gasteiger partial charge >= 0.3 is 5.97 Å². The molecule has 1 N–H and O–H groups in total. The summed E-state index contributed by atoms with van der Waals surface area (Å²) >= 11 is 0. The first-order valence-corrected chi connectivity index (χ1v) is 9.80. The van der Waals surface area contributed by atoms with E-state index in [2.05, 4.69) is 6.07 Å². The van der Waals surface area contributed by atoms with Crippen molar-refractivity contribution in [2.75, 3.05) is 7.11 Å². The molecule has 2 saturated heterocycles. The fraction of sp³-hybridized carbons (Fsp3) is 0.292. The molecule has 158 valence electrons. The maximum Gasteiger partial charge on any atom is 0.337 e. The van der Waals surface area contributed by atoms with Gasteiger partial charge in [-0.1, -0.05) is 49.4 Å². The van der Waals surface area contributed by atoms with Gasteiger partial charge in [0.15, 0.2) is 5.41 Å². The van der Waals surface area contributed by atoms with E-state index in [-0.39, 0.29) is 5.56 Å². The van der Waals surface area contributed by atoms with Gasteiger partial charge in [0, 0.05) is 5.56 Å². The monoisotopic (exact) mass is 426 g/mol. The van der Waals surface area contributed by atoms with Gasteiger partial charge in [0.25, 0.3) is 0 Å². The summed E-state index contributed by atoms with van der Waals surface area (Å²) < 4.78 is 17.0. The third-order valence-corrected chi connectivity index (χ3v) is 6.48. The van der Waals surface area contributed by atoms with Crippen molar-refractivity contribution in [3.8, 4) is 18.2 Å². The van der Waals surface area contributed by atoms with Crippen LogP contribution in [0.1, 0.15) is 34.5 Å². The predicted molar refractivity (Wildman–Crippen MR) is 109 cm³/mol. The maximum atomic E-state index is 11.8. The number of hydrogen-bond donors (Lipinski definition) is 1. The third kappa shape index (κ3) is 2.37. The fourth-order valence-electron chi connectivity index (χ4n) is 4.75. The second-order valence-corrected chi connectivity index (χ2v) is 7.75. The van der Waals surface area contributed by atoms with Crippen LogP contribution in [0.4, 0.5) is 0 Å². The Kier molecular flexibility index (Phi) is 4.74. The van der Waals surface area contributed by atoms with E-state index < -0.39 is 40.5 Å². The normalized spacial score (nSPS) is 29.7. The van der Waals surface area contributed by atoms with Crippen LogP contribution in [0.2, 0.25) is 0 Å². The molecule has 0 saturated carbocycles. The van der Waals surface area contributed by atoms with Crippen molar-refractivity contribution in [3.63, 3.8) is 0 Å². The minimum Gasteiger partial charge on any atom is -0.465 e. The van der Waals surface area contributed by atoms with Gasteiger partial charge in [-0.05, 0) is 17.7 Å². The molecular formula is C24H18N4O4. The molecule has 2 aromatic rings. The number of methoxy groups -OCH3 is 1. The van der Waals surface area contributed by atoms with Gasteiger partial charge in [0.1, 0.15) is 6.10 Å². The number of benzene rings is 2. The van der Waals surface area contributed by atoms with E-state index >= 15 is 0 Å². The molecule has 2 aromatic carbocycles. The molecule has 0 aromatic heterocycles. The zero-order valence-corrected chi connectivity index (χ0v) is 17.3. The molecule has 2 aliphatic rings. The number of fused-ring (bicyclic) bond motifs is 2. The number of rotatable bonds is 3. The van der Waals surface area contributed by atoms with Crippen LogP contribution in [0.3, 0.4) is 0 Å². The lowest BCUT2D eigenvalue weighted by atomic mass is 9.53. The first-order chi connectivity index (χ1) is 15.4. The lowest BCUT2D eigenvalue weighted by Crippen LogP contribution is -2.57. The van der Waals surface area contributed by atoms with Crippen molar-refractivity contribution in [2.24, 2.45) is 16.7 Å². The second kappa shape index (κ2) is 7.20. The minimum atomic E-state index is -2.07. The van der Waals surface area contributed by atoms with Crippen LogP contribution in [-0.2, 0) is 20.0 Å². The average molecular weight is 426 g/mol. The van der Waals surface area contributed by atoms with E-state index in [4.69, 9.17) is 19.6 Å². The van der Waals surface area contributed by atoms with Crippen molar-refractivity contribution in [3.05, 3.63) is 71.3 Å². The van der Waals surface area contributed by atoms with E-state index in [1.54, 1.807) is 43.3 Å². The van der Waals surface area contributed by atoms with E-state index in [0.717, 1.165) is 0 Å². The summed E-state index contributed by atoms with van der Waals surface area (Å²) in [6.07, 6.45) is -1.23. The predicted octanol–water partition coefficient (Wildman–Crippen LogP) is 3.58. The van der Waals surface area contributed by atoms with E-state index in [0.29, 0.717) is 11.1 Å². The highest BCUT2D eigenvalue weighted by atomic mass is 16.7. The van der Waals surface area contributed by atoms with Gasteiger partial charge in [0.2, 0.25) is 17.1 Å². The van der Waals surface area contributed by atoms with E-state index in [1.807, 2.05) is 18.2 Å². The van der Waals surface area contributed by atoms with Gasteiger partial charge in [0.05, 0.1) is 36.8 Å². The highest BCUT2D eigenvalue weighted by Gasteiger charge is 2.79. The number of nitrogens with zero attached hydrogens (tertiary/aromatic N) is 3. The van der Waals surface area contributed by atoms with Crippen LogP contribution >= 0.6 is 0 Å². The van der Waals surface area contributed by atoms with Crippen LogP contribution in [-0.4, -0.2) is 19.0 Å². The van der Waals surface area contributed by atoms with Crippen molar-refractivity contribution < 1.29 is 19.0 Å². The molecular weight excluding hydrogens is 408 g/mol. The van der Waals surface area contributed by atoms with Crippen LogP contribution in [0.25, 0.3) is 0 Å². The van der Waals surface area contributed by atoms with Crippen molar-refractivity contribution in [1.29, 1.82) is 21.2 Å². The molecule has 2 fully saturated rings. The Balaban J connectivity index is 1.97. The largest absolute Gasteiger partial charge is 0.465 e. The van der Waals surface area contributed by atoms with Crippen molar-refractivity contribution in [2.45, 2.75) is 18.8 Å². The summed E-state index contributed by atoms with van der Waals surface area (Å²) in [7, 11) is 1.26.